The zero-order valence-corrected chi connectivity index (χ0v) is 8.30. The first-order valence-corrected chi connectivity index (χ1v) is 5.11. The average molecular weight is 206 g/mol. The molecule has 74 valence electrons. The van der Waals surface area contributed by atoms with Gasteiger partial charge in [-0.05, 0) is 13.8 Å². The quantitative estimate of drug-likeness (QED) is 0.512. The normalized spacial score (nSPS) is 15.3. The third kappa shape index (κ3) is 3.92. The molecule has 0 fully saturated rings. The summed E-state index contributed by atoms with van der Waals surface area (Å²) in [5.74, 6) is 3.02. The molecule has 0 spiro atoms. The van der Waals surface area contributed by atoms with Crippen LogP contribution in [0.3, 0.4) is 0 Å². The van der Waals surface area contributed by atoms with E-state index in [0.29, 0.717) is 0 Å². The van der Waals surface area contributed by atoms with Gasteiger partial charge in [-0.1, -0.05) is 5.92 Å². The minimum absolute atomic E-state index is 0.769. The van der Waals surface area contributed by atoms with E-state index in [-0.39, 0.29) is 0 Å². The molecule has 0 bridgehead atoms. The van der Waals surface area contributed by atoms with Crippen LogP contribution in [0.15, 0.2) is 0 Å². The van der Waals surface area contributed by atoms with Gasteiger partial charge in [0, 0.05) is 0 Å². The van der Waals surface area contributed by atoms with E-state index >= 15 is 0 Å². The standard InChI is InChI=1S/C7H10O5S/c1-4-5-7(2,6(8)9)12-13(3,10)11/h1-3H3,(H,8,9). The summed E-state index contributed by atoms with van der Waals surface area (Å²) in [5, 5.41) is 8.64. The summed E-state index contributed by atoms with van der Waals surface area (Å²) in [4.78, 5) is 10.6. The molecule has 6 heteroatoms. The number of carbonyl (C=O) groups is 1. The van der Waals surface area contributed by atoms with Crippen molar-refractivity contribution in [3.63, 3.8) is 0 Å². The van der Waals surface area contributed by atoms with Crippen molar-refractivity contribution in [2.24, 2.45) is 0 Å². The van der Waals surface area contributed by atoms with Crippen molar-refractivity contribution in [1.82, 2.24) is 0 Å². The van der Waals surface area contributed by atoms with E-state index in [2.05, 4.69) is 16.0 Å². The third-order valence-electron chi connectivity index (χ3n) is 1.09. The van der Waals surface area contributed by atoms with Gasteiger partial charge in [0.25, 0.3) is 10.1 Å². The Labute approximate surface area is 76.8 Å². The fourth-order valence-electron chi connectivity index (χ4n) is 0.651. The van der Waals surface area contributed by atoms with Gasteiger partial charge in [-0.15, -0.1) is 5.92 Å². The molecule has 0 rings (SSSR count). The fraction of sp³-hybridized carbons (Fsp3) is 0.571. The van der Waals surface area contributed by atoms with Gasteiger partial charge in [0.2, 0.25) is 5.60 Å². The lowest BCUT2D eigenvalue weighted by atomic mass is 10.1. The summed E-state index contributed by atoms with van der Waals surface area (Å²) < 4.78 is 25.7. The SMILES string of the molecule is CC#CC(C)(OS(C)(=O)=O)C(=O)O. The molecule has 1 unspecified atom stereocenters. The maximum absolute atomic E-state index is 10.7. The van der Waals surface area contributed by atoms with E-state index in [1.807, 2.05) is 0 Å². The van der Waals surface area contributed by atoms with Crippen LogP contribution in [-0.4, -0.2) is 31.4 Å². The lowest BCUT2D eigenvalue weighted by molar-refractivity contribution is -0.148. The van der Waals surface area contributed by atoms with Gasteiger partial charge in [0.1, 0.15) is 0 Å². The summed E-state index contributed by atoms with van der Waals surface area (Å²) in [6.07, 6.45) is 0.769. The van der Waals surface area contributed by atoms with Gasteiger partial charge in [0.15, 0.2) is 0 Å². The second-order valence-electron chi connectivity index (χ2n) is 2.50. The number of hydrogen-bond acceptors (Lipinski definition) is 4. The molecule has 1 atom stereocenters. The molecule has 0 aromatic carbocycles. The van der Waals surface area contributed by atoms with Crippen LogP contribution in [0.25, 0.3) is 0 Å². The van der Waals surface area contributed by atoms with Crippen molar-refractivity contribution < 1.29 is 22.5 Å². The smallest absolute Gasteiger partial charge is 0.349 e. The van der Waals surface area contributed by atoms with Crippen molar-refractivity contribution in [2.45, 2.75) is 19.4 Å². The van der Waals surface area contributed by atoms with Gasteiger partial charge in [-0.2, -0.15) is 8.42 Å². The molecular formula is C7H10O5S. The first-order chi connectivity index (χ1) is 5.71. The lowest BCUT2D eigenvalue weighted by Gasteiger charge is -2.16. The number of carboxylic acids is 1. The van der Waals surface area contributed by atoms with Crippen LogP contribution in [-0.2, 0) is 19.1 Å². The van der Waals surface area contributed by atoms with Crippen molar-refractivity contribution in [3.05, 3.63) is 0 Å². The second-order valence-corrected chi connectivity index (χ2v) is 4.08. The average Bonchev–Trinajstić information content (AvgIpc) is 1.82. The fourth-order valence-corrected chi connectivity index (χ4v) is 1.37. The highest BCUT2D eigenvalue weighted by molar-refractivity contribution is 7.86. The number of rotatable bonds is 3. The van der Waals surface area contributed by atoms with Gasteiger partial charge >= 0.3 is 5.97 Å². The van der Waals surface area contributed by atoms with Crippen molar-refractivity contribution >= 4 is 16.1 Å². The van der Waals surface area contributed by atoms with E-state index in [4.69, 9.17) is 5.11 Å². The Morgan fingerprint density at radius 3 is 2.23 bits per heavy atom. The van der Waals surface area contributed by atoms with Crippen LogP contribution >= 0.6 is 0 Å². The first kappa shape index (κ1) is 11.9. The Kier molecular flexibility index (Phi) is 3.46. The minimum atomic E-state index is -3.83. The Balaban J connectivity index is 5.02. The molecule has 0 aliphatic heterocycles. The van der Waals surface area contributed by atoms with Crippen LogP contribution in [0.1, 0.15) is 13.8 Å². The molecule has 0 saturated carbocycles. The molecule has 1 N–H and O–H groups in total. The predicted molar refractivity (Wildman–Crippen MR) is 45.4 cm³/mol. The van der Waals surface area contributed by atoms with E-state index < -0.39 is 21.7 Å². The maximum Gasteiger partial charge on any atom is 0.349 e. The summed E-state index contributed by atoms with van der Waals surface area (Å²) >= 11 is 0. The monoisotopic (exact) mass is 206 g/mol. The van der Waals surface area contributed by atoms with Gasteiger partial charge in [0.05, 0.1) is 6.26 Å². The maximum atomic E-state index is 10.7. The van der Waals surface area contributed by atoms with Crippen LogP contribution in [0.5, 0.6) is 0 Å². The van der Waals surface area contributed by atoms with E-state index in [1.165, 1.54) is 6.92 Å². The molecule has 0 saturated heterocycles. The molecule has 0 radical (unpaired) electrons. The van der Waals surface area contributed by atoms with Gasteiger partial charge in [-0.25, -0.2) is 8.98 Å². The number of aliphatic carboxylic acids is 1. The number of hydrogen-bond donors (Lipinski definition) is 1. The van der Waals surface area contributed by atoms with Crippen molar-refractivity contribution in [3.8, 4) is 11.8 Å². The number of carboxylic acid groups (broad SMARTS) is 1. The molecule has 0 aromatic rings. The largest absolute Gasteiger partial charge is 0.478 e. The van der Waals surface area contributed by atoms with E-state index in [0.717, 1.165) is 13.2 Å². The summed E-state index contributed by atoms with van der Waals surface area (Å²) in [6, 6.07) is 0. The highest BCUT2D eigenvalue weighted by atomic mass is 32.2. The first-order valence-electron chi connectivity index (χ1n) is 3.29. The van der Waals surface area contributed by atoms with Crippen LogP contribution in [0.4, 0.5) is 0 Å². The molecule has 0 aliphatic carbocycles. The molecule has 5 nitrogen and oxygen atoms in total. The highest BCUT2D eigenvalue weighted by Gasteiger charge is 2.36. The van der Waals surface area contributed by atoms with E-state index in [9.17, 15) is 13.2 Å². The molecule has 13 heavy (non-hydrogen) atoms. The van der Waals surface area contributed by atoms with Crippen LogP contribution in [0.2, 0.25) is 0 Å². The molecule has 0 aliphatic rings. The second kappa shape index (κ2) is 3.77. The van der Waals surface area contributed by atoms with Crippen molar-refractivity contribution in [1.29, 1.82) is 0 Å². The summed E-state index contributed by atoms with van der Waals surface area (Å²) in [5.41, 5.74) is -2.00. The topological polar surface area (TPSA) is 80.7 Å². The van der Waals surface area contributed by atoms with Crippen LogP contribution in [0, 0.1) is 11.8 Å². The lowest BCUT2D eigenvalue weighted by Crippen LogP contribution is -2.38. The molecule has 0 amide bonds. The summed E-state index contributed by atoms with van der Waals surface area (Å²) in [6.45, 7) is 2.47. The van der Waals surface area contributed by atoms with Crippen LogP contribution < -0.4 is 0 Å². The third-order valence-corrected chi connectivity index (χ3v) is 1.73. The van der Waals surface area contributed by atoms with Gasteiger partial charge < -0.3 is 5.11 Å². The van der Waals surface area contributed by atoms with Crippen molar-refractivity contribution in [2.75, 3.05) is 6.26 Å². The predicted octanol–water partition coefficient (Wildman–Crippen LogP) is -0.171. The molecule has 0 aromatic heterocycles. The highest BCUT2D eigenvalue weighted by Crippen LogP contribution is 2.12. The Morgan fingerprint density at radius 2 is 2.00 bits per heavy atom. The Morgan fingerprint density at radius 1 is 1.54 bits per heavy atom. The van der Waals surface area contributed by atoms with Gasteiger partial charge in [-0.3, -0.25) is 0 Å². The zero-order valence-electron chi connectivity index (χ0n) is 7.49. The Bertz CT molecular complexity index is 358. The molecule has 0 heterocycles. The Hall–Kier alpha value is -1.06. The molecular weight excluding hydrogens is 196 g/mol. The minimum Gasteiger partial charge on any atom is -0.478 e. The summed E-state index contributed by atoms with van der Waals surface area (Å²) in [7, 11) is -3.83. The van der Waals surface area contributed by atoms with E-state index in [1.54, 1.807) is 0 Å². The zero-order chi connectivity index (χ0) is 10.7.